The van der Waals surface area contributed by atoms with Gasteiger partial charge in [0.05, 0.1) is 5.54 Å². The molecule has 1 atom stereocenters. The Labute approximate surface area is 87.4 Å². The summed E-state index contributed by atoms with van der Waals surface area (Å²) >= 11 is 0. The number of primary amides is 1. The van der Waals surface area contributed by atoms with Crippen molar-refractivity contribution in [2.24, 2.45) is 5.73 Å². The summed E-state index contributed by atoms with van der Waals surface area (Å²) < 4.78 is 0. The number of carbonyl (C=O) groups is 1. The van der Waals surface area contributed by atoms with Crippen molar-refractivity contribution in [2.75, 3.05) is 6.54 Å². The molecule has 0 fully saturated rings. The van der Waals surface area contributed by atoms with E-state index >= 15 is 0 Å². The van der Waals surface area contributed by atoms with Crippen LogP contribution in [0.15, 0.2) is 0 Å². The van der Waals surface area contributed by atoms with E-state index in [4.69, 9.17) is 5.73 Å². The van der Waals surface area contributed by atoms with E-state index in [0.29, 0.717) is 0 Å². The van der Waals surface area contributed by atoms with Crippen LogP contribution in [0.4, 0.5) is 0 Å². The van der Waals surface area contributed by atoms with Crippen LogP contribution in [0.3, 0.4) is 0 Å². The van der Waals surface area contributed by atoms with Gasteiger partial charge in [0.1, 0.15) is 0 Å². The Hall–Kier alpha value is -0.570. The van der Waals surface area contributed by atoms with Crippen molar-refractivity contribution < 1.29 is 4.79 Å². The molecule has 3 N–H and O–H groups in total. The average Bonchev–Trinajstić information content (AvgIpc) is 2.18. The zero-order valence-electron chi connectivity index (χ0n) is 9.73. The molecule has 1 unspecified atom stereocenters. The molecular formula is C11H24N2O. The van der Waals surface area contributed by atoms with Crippen LogP contribution in [0, 0.1) is 0 Å². The second-order valence-electron chi connectivity index (χ2n) is 3.83. The van der Waals surface area contributed by atoms with Crippen LogP contribution >= 0.6 is 0 Å². The number of hydrogen-bond acceptors (Lipinski definition) is 2. The Balaban J connectivity index is 4.35. The summed E-state index contributed by atoms with van der Waals surface area (Å²) in [6.07, 6.45) is 4.81. The Kier molecular flexibility index (Phi) is 6.54. The van der Waals surface area contributed by atoms with Crippen LogP contribution in [-0.2, 0) is 4.79 Å². The van der Waals surface area contributed by atoms with Crippen molar-refractivity contribution in [1.29, 1.82) is 0 Å². The predicted molar refractivity (Wildman–Crippen MR) is 60.0 cm³/mol. The molecule has 0 radical (unpaired) electrons. The fourth-order valence-corrected chi connectivity index (χ4v) is 1.62. The molecule has 1 amide bonds. The first kappa shape index (κ1) is 13.4. The molecule has 0 heterocycles. The first-order chi connectivity index (χ1) is 6.63. The van der Waals surface area contributed by atoms with Gasteiger partial charge in [-0.25, -0.2) is 0 Å². The third-order valence-corrected chi connectivity index (χ3v) is 2.75. The number of amides is 1. The fourth-order valence-electron chi connectivity index (χ4n) is 1.62. The minimum absolute atomic E-state index is 0.207. The topological polar surface area (TPSA) is 55.1 Å². The number of nitrogens with one attached hydrogen (secondary N) is 1. The van der Waals surface area contributed by atoms with Gasteiger partial charge in [-0.1, -0.05) is 33.6 Å². The molecular weight excluding hydrogens is 176 g/mol. The molecule has 0 bridgehead atoms. The number of unbranched alkanes of at least 4 members (excludes halogenated alkanes) is 1. The molecule has 3 heteroatoms. The molecule has 0 aromatic heterocycles. The average molecular weight is 200 g/mol. The van der Waals surface area contributed by atoms with Gasteiger partial charge in [-0.15, -0.1) is 0 Å². The van der Waals surface area contributed by atoms with Gasteiger partial charge in [0.15, 0.2) is 0 Å². The molecule has 0 aliphatic rings. The summed E-state index contributed by atoms with van der Waals surface area (Å²) in [7, 11) is 0. The maximum atomic E-state index is 11.4. The normalized spacial score (nSPS) is 15.1. The van der Waals surface area contributed by atoms with Crippen LogP contribution in [-0.4, -0.2) is 18.0 Å². The van der Waals surface area contributed by atoms with E-state index in [2.05, 4.69) is 19.2 Å². The number of hydrogen-bond donors (Lipinski definition) is 2. The molecule has 0 aliphatic heterocycles. The van der Waals surface area contributed by atoms with Crippen molar-refractivity contribution in [3.8, 4) is 0 Å². The van der Waals surface area contributed by atoms with Gasteiger partial charge in [-0.2, -0.15) is 0 Å². The first-order valence-electron chi connectivity index (χ1n) is 5.67. The molecule has 84 valence electrons. The smallest absolute Gasteiger partial charge is 0.237 e. The van der Waals surface area contributed by atoms with Crippen LogP contribution in [0.5, 0.6) is 0 Å². The number of nitrogens with two attached hydrogens (primary N) is 1. The van der Waals surface area contributed by atoms with Crippen molar-refractivity contribution in [1.82, 2.24) is 5.32 Å². The molecule has 0 aromatic rings. The van der Waals surface area contributed by atoms with Gasteiger partial charge in [0, 0.05) is 0 Å². The van der Waals surface area contributed by atoms with Gasteiger partial charge in [0.25, 0.3) is 0 Å². The third kappa shape index (κ3) is 3.66. The summed E-state index contributed by atoms with van der Waals surface area (Å²) in [6, 6.07) is 0. The van der Waals surface area contributed by atoms with Crippen molar-refractivity contribution in [3.05, 3.63) is 0 Å². The van der Waals surface area contributed by atoms with E-state index in [-0.39, 0.29) is 5.91 Å². The highest BCUT2D eigenvalue weighted by Crippen LogP contribution is 2.18. The van der Waals surface area contributed by atoms with Gasteiger partial charge < -0.3 is 11.1 Å². The summed E-state index contributed by atoms with van der Waals surface area (Å²) in [5.41, 5.74) is 5.00. The second kappa shape index (κ2) is 6.82. The molecule has 0 rings (SSSR count). The summed E-state index contributed by atoms with van der Waals surface area (Å²) in [5.74, 6) is -0.207. The molecule has 0 saturated heterocycles. The Morgan fingerprint density at radius 3 is 2.29 bits per heavy atom. The van der Waals surface area contributed by atoms with Crippen molar-refractivity contribution in [3.63, 3.8) is 0 Å². The number of rotatable bonds is 8. The second-order valence-corrected chi connectivity index (χ2v) is 3.83. The SMILES string of the molecule is CCCCC(CC)(NCCC)C(N)=O. The van der Waals surface area contributed by atoms with E-state index in [1.165, 1.54) is 0 Å². The Morgan fingerprint density at radius 1 is 1.29 bits per heavy atom. The van der Waals surface area contributed by atoms with E-state index < -0.39 is 5.54 Å². The largest absolute Gasteiger partial charge is 0.368 e. The van der Waals surface area contributed by atoms with Crippen LogP contribution in [0.1, 0.15) is 52.9 Å². The quantitative estimate of drug-likeness (QED) is 0.628. The minimum Gasteiger partial charge on any atom is -0.368 e. The van der Waals surface area contributed by atoms with Gasteiger partial charge in [0.2, 0.25) is 5.91 Å². The lowest BCUT2D eigenvalue weighted by Gasteiger charge is -2.30. The van der Waals surface area contributed by atoms with E-state index in [0.717, 1.165) is 38.6 Å². The third-order valence-electron chi connectivity index (χ3n) is 2.75. The molecule has 0 saturated carbocycles. The summed E-state index contributed by atoms with van der Waals surface area (Å²) in [6.45, 7) is 7.10. The monoisotopic (exact) mass is 200 g/mol. The maximum absolute atomic E-state index is 11.4. The molecule has 0 spiro atoms. The van der Waals surface area contributed by atoms with Gasteiger partial charge >= 0.3 is 0 Å². The fraction of sp³-hybridized carbons (Fsp3) is 0.909. The van der Waals surface area contributed by atoms with E-state index in [1.54, 1.807) is 0 Å². The molecule has 14 heavy (non-hydrogen) atoms. The highest BCUT2D eigenvalue weighted by atomic mass is 16.1. The van der Waals surface area contributed by atoms with E-state index in [9.17, 15) is 4.79 Å². The van der Waals surface area contributed by atoms with Crippen LogP contribution in [0.2, 0.25) is 0 Å². The molecule has 0 aliphatic carbocycles. The lowest BCUT2D eigenvalue weighted by Crippen LogP contribution is -2.55. The van der Waals surface area contributed by atoms with Crippen LogP contribution in [0.25, 0.3) is 0 Å². The predicted octanol–water partition coefficient (Wildman–Crippen LogP) is 1.81. The lowest BCUT2D eigenvalue weighted by atomic mass is 9.89. The Bertz CT molecular complexity index is 161. The summed E-state index contributed by atoms with van der Waals surface area (Å²) in [5, 5.41) is 3.29. The van der Waals surface area contributed by atoms with Crippen molar-refractivity contribution >= 4 is 5.91 Å². The highest BCUT2D eigenvalue weighted by Gasteiger charge is 2.32. The van der Waals surface area contributed by atoms with Gasteiger partial charge in [-0.05, 0) is 25.8 Å². The zero-order chi connectivity index (χ0) is 11.0. The standard InChI is InChI=1S/C11H24N2O/c1-4-7-8-11(6-3,10(12)14)13-9-5-2/h13H,4-9H2,1-3H3,(H2,12,14). The van der Waals surface area contributed by atoms with Gasteiger partial charge in [-0.3, -0.25) is 4.79 Å². The molecule has 0 aromatic carbocycles. The van der Waals surface area contributed by atoms with Crippen LogP contribution < -0.4 is 11.1 Å². The highest BCUT2D eigenvalue weighted by molar-refractivity contribution is 5.84. The van der Waals surface area contributed by atoms with E-state index in [1.807, 2.05) is 6.92 Å². The van der Waals surface area contributed by atoms with Crippen molar-refractivity contribution in [2.45, 2.75) is 58.4 Å². The summed E-state index contributed by atoms with van der Waals surface area (Å²) in [4.78, 5) is 11.4. The first-order valence-corrected chi connectivity index (χ1v) is 5.67. The molecule has 3 nitrogen and oxygen atoms in total. The Morgan fingerprint density at radius 2 is 1.93 bits per heavy atom. The lowest BCUT2D eigenvalue weighted by molar-refractivity contribution is -0.125. The maximum Gasteiger partial charge on any atom is 0.237 e. The zero-order valence-corrected chi connectivity index (χ0v) is 9.73. The minimum atomic E-state index is -0.466. The number of carbonyl (C=O) groups excluding carboxylic acids is 1.